The second-order valence-electron chi connectivity index (χ2n) is 2.75. The maximum atomic E-state index is 12.1. The minimum absolute atomic E-state index is 0.239. The minimum Gasteiger partial charge on any atom is -0.324 e. The van der Waals surface area contributed by atoms with Crippen LogP contribution in [0.25, 0.3) is 0 Å². The molecule has 0 amide bonds. The first-order chi connectivity index (χ1) is 6.15. The van der Waals surface area contributed by atoms with Crippen molar-refractivity contribution in [3.63, 3.8) is 0 Å². The van der Waals surface area contributed by atoms with Crippen molar-refractivity contribution in [2.45, 2.75) is 12.5 Å². The third-order valence-corrected chi connectivity index (χ3v) is 2.99. The van der Waals surface area contributed by atoms with Crippen LogP contribution in [0.3, 0.4) is 0 Å². The molecule has 0 aromatic heterocycles. The van der Waals surface area contributed by atoms with Gasteiger partial charge in [0, 0.05) is 15.0 Å². The molecule has 13 heavy (non-hydrogen) atoms. The highest BCUT2D eigenvalue weighted by molar-refractivity contribution is 9.11. The van der Waals surface area contributed by atoms with Gasteiger partial charge in [-0.25, -0.2) is 0 Å². The predicted molar refractivity (Wildman–Crippen MR) is 59.4 cm³/mol. The molecular weight excluding hydrogens is 301 g/mol. The lowest BCUT2D eigenvalue weighted by Crippen LogP contribution is -2.11. The number of nitrogens with two attached hydrogens (primary N) is 1. The Hall–Kier alpha value is 0.0700. The Labute approximate surface area is 93.8 Å². The molecule has 0 heterocycles. The molecule has 0 spiro atoms. The molecule has 1 nitrogen and oxygen atoms in total. The quantitative estimate of drug-likeness (QED) is 0.907. The fourth-order valence-corrected chi connectivity index (χ4v) is 1.99. The average Bonchev–Trinajstić information content (AvgIpc) is 2.09. The normalized spacial score (nSPS) is 12.9. The van der Waals surface area contributed by atoms with Crippen LogP contribution in [0.5, 0.6) is 0 Å². The van der Waals surface area contributed by atoms with Crippen LogP contribution in [0.4, 0.5) is 4.39 Å². The van der Waals surface area contributed by atoms with E-state index >= 15 is 0 Å². The Bertz CT molecular complexity index is 291. The zero-order valence-corrected chi connectivity index (χ0v) is 10.1. The zero-order chi connectivity index (χ0) is 9.84. The summed E-state index contributed by atoms with van der Waals surface area (Å²) in [6.07, 6.45) is 0.356. The SMILES string of the molecule is N[C@@H](CCF)c1cc(Br)ccc1Br. The molecule has 0 fully saturated rings. The van der Waals surface area contributed by atoms with Crippen molar-refractivity contribution in [3.05, 3.63) is 32.7 Å². The average molecular weight is 311 g/mol. The number of hydrogen-bond donors (Lipinski definition) is 1. The van der Waals surface area contributed by atoms with Crippen LogP contribution in [0.15, 0.2) is 27.1 Å². The first-order valence-electron chi connectivity index (χ1n) is 3.91. The highest BCUT2D eigenvalue weighted by Gasteiger charge is 2.09. The molecule has 0 saturated carbocycles. The van der Waals surface area contributed by atoms with Gasteiger partial charge in [-0.15, -0.1) is 0 Å². The van der Waals surface area contributed by atoms with E-state index in [1.165, 1.54) is 0 Å². The number of rotatable bonds is 3. The summed E-state index contributed by atoms with van der Waals surface area (Å²) < 4.78 is 13.9. The topological polar surface area (TPSA) is 26.0 Å². The summed E-state index contributed by atoms with van der Waals surface area (Å²) in [5.41, 5.74) is 6.72. The van der Waals surface area contributed by atoms with E-state index in [1.807, 2.05) is 18.2 Å². The van der Waals surface area contributed by atoms with Gasteiger partial charge in [0.15, 0.2) is 0 Å². The van der Waals surface area contributed by atoms with Gasteiger partial charge >= 0.3 is 0 Å². The Balaban J connectivity index is 2.91. The summed E-state index contributed by atoms with van der Waals surface area (Å²) in [6, 6.07) is 5.48. The highest BCUT2D eigenvalue weighted by Crippen LogP contribution is 2.27. The van der Waals surface area contributed by atoms with Gasteiger partial charge in [0.05, 0.1) is 6.67 Å². The summed E-state index contributed by atoms with van der Waals surface area (Å²) in [5, 5.41) is 0. The molecular formula is C9H10Br2FN. The van der Waals surface area contributed by atoms with Gasteiger partial charge in [-0.3, -0.25) is 4.39 Å². The summed E-state index contributed by atoms with van der Waals surface area (Å²) in [5.74, 6) is 0. The molecule has 0 aliphatic rings. The van der Waals surface area contributed by atoms with Crippen molar-refractivity contribution in [3.8, 4) is 0 Å². The molecule has 0 unspecified atom stereocenters. The van der Waals surface area contributed by atoms with Crippen LogP contribution < -0.4 is 5.73 Å². The number of alkyl halides is 1. The Kier molecular flexibility index (Phi) is 4.35. The van der Waals surface area contributed by atoms with Gasteiger partial charge in [0.25, 0.3) is 0 Å². The van der Waals surface area contributed by atoms with Crippen molar-refractivity contribution in [1.82, 2.24) is 0 Å². The van der Waals surface area contributed by atoms with E-state index in [-0.39, 0.29) is 12.7 Å². The largest absolute Gasteiger partial charge is 0.324 e. The Morgan fingerprint density at radius 1 is 1.38 bits per heavy atom. The van der Waals surface area contributed by atoms with Crippen LogP contribution in [0, 0.1) is 0 Å². The molecule has 1 aromatic carbocycles. The van der Waals surface area contributed by atoms with Crippen LogP contribution in [-0.2, 0) is 0 Å². The lowest BCUT2D eigenvalue weighted by Gasteiger charge is -2.12. The van der Waals surface area contributed by atoms with E-state index in [2.05, 4.69) is 31.9 Å². The molecule has 1 aromatic rings. The lowest BCUT2D eigenvalue weighted by molar-refractivity contribution is 0.441. The molecule has 1 rings (SSSR count). The van der Waals surface area contributed by atoms with Crippen molar-refractivity contribution in [2.24, 2.45) is 5.73 Å². The van der Waals surface area contributed by atoms with Gasteiger partial charge in [-0.05, 0) is 30.2 Å². The number of benzene rings is 1. The molecule has 0 aliphatic carbocycles. The van der Waals surface area contributed by atoms with Crippen LogP contribution in [0.2, 0.25) is 0 Å². The predicted octanol–water partition coefficient (Wildman–Crippen LogP) is 3.57. The van der Waals surface area contributed by atoms with E-state index in [1.54, 1.807) is 0 Å². The van der Waals surface area contributed by atoms with Gasteiger partial charge in [0.2, 0.25) is 0 Å². The molecule has 4 heteroatoms. The van der Waals surface area contributed by atoms with E-state index in [4.69, 9.17) is 5.73 Å². The monoisotopic (exact) mass is 309 g/mol. The summed E-state index contributed by atoms with van der Waals surface area (Å²) in [4.78, 5) is 0. The molecule has 0 bridgehead atoms. The Morgan fingerprint density at radius 3 is 2.69 bits per heavy atom. The molecule has 72 valence electrons. The van der Waals surface area contributed by atoms with E-state index in [0.29, 0.717) is 6.42 Å². The third kappa shape index (κ3) is 3.04. The first-order valence-corrected chi connectivity index (χ1v) is 5.50. The molecule has 1 atom stereocenters. The fourth-order valence-electron chi connectivity index (χ4n) is 1.07. The van der Waals surface area contributed by atoms with Gasteiger partial charge in [-0.2, -0.15) is 0 Å². The van der Waals surface area contributed by atoms with Crippen molar-refractivity contribution >= 4 is 31.9 Å². The van der Waals surface area contributed by atoms with Gasteiger partial charge in [0.1, 0.15) is 0 Å². The number of halogens is 3. The van der Waals surface area contributed by atoms with Crippen molar-refractivity contribution in [1.29, 1.82) is 0 Å². The highest BCUT2D eigenvalue weighted by atomic mass is 79.9. The first kappa shape index (κ1) is 11.1. The summed E-state index contributed by atoms with van der Waals surface area (Å²) in [6.45, 7) is -0.389. The molecule has 0 aliphatic heterocycles. The summed E-state index contributed by atoms with van der Waals surface area (Å²) in [7, 11) is 0. The standard InChI is InChI=1S/C9H10Br2FN/c10-6-1-2-8(11)7(5-6)9(13)3-4-12/h1-2,5,9H,3-4,13H2/t9-/m0/s1. The molecule has 2 N–H and O–H groups in total. The molecule has 0 saturated heterocycles. The van der Waals surface area contributed by atoms with E-state index < -0.39 is 0 Å². The maximum Gasteiger partial charge on any atom is 0.0912 e. The third-order valence-electron chi connectivity index (χ3n) is 1.78. The lowest BCUT2D eigenvalue weighted by atomic mass is 10.1. The number of hydrogen-bond acceptors (Lipinski definition) is 1. The second kappa shape index (κ2) is 5.08. The van der Waals surface area contributed by atoms with Crippen molar-refractivity contribution < 1.29 is 4.39 Å². The zero-order valence-electron chi connectivity index (χ0n) is 6.93. The fraction of sp³-hybridized carbons (Fsp3) is 0.333. The van der Waals surface area contributed by atoms with Crippen molar-refractivity contribution in [2.75, 3.05) is 6.67 Å². The van der Waals surface area contributed by atoms with Gasteiger partial charge < -0.3 is 5.73 Å². The van der Waals surface area contributed by atoms with Crippen LogP contribution >= 0.6 is 31.9 Å². The molecule has 0 radical (unpaired) electrons. The van der Waals surface area contributed by atoms with E-state index in [9.17, 15) is 4.39 Å². The minimum atomic E-state index is -0.389. The summed E-state index contributed by atoms with van der Waals surface area (Å²) >= 11 is 6.72. The van der Waals surface area contributed by atoms with Crippen LogP contribution in [0.1, 0.15) is 18.0 Å². The maximum absolute atomic E-state index is 12.1. The smallest absolute Gasteiger partial charge is 0.0912 e. The van der Waals surface area contributed by atoms with Gasteiger partial charge in [-0.1, -0.05) is 31.9 Å². The van der Waals surface area contributed by atoms with E-state index in [0.717, 1.165) is 14.5 Å². The second-order valence-corrected chi connectivity index (χ2v) is 4.52. The Morgan fingerprint density at radius 2 is 2.08 bits per heavy atom. The van der Waals surface area contributed by atoms with Crippen LogP contribution in [-0.4, -0.2) is 6.67 Å².